The molecule has 1 fully saturated rings. The predicted molar refractivity (Wildman–Crippen MR) is 68.6 cm³/mol. The van der Waals surface area contributed by atoms with Crippen LogP contribution in [0.15, 0.2) is 29.2 Å². The maximum absolute atomic E-state index is 12.0. The van der Waals surface area contributed by atoms with Gasteiger partial charge in [0.2, 0.25) is 21.8 Å². The Kier molecular flexibility index (Phi) is 3.19. The largest absolute Gasteiger partial charge is 0.274 e. The van der Waals surface area contributed by atoms with Gasteiger partial charge in [0.15, 0.2) is 0 Å². The molecule has 0 aliphatic carbocycles. The fourth-order valence-corrected chi connectivity index (χ4v) is 2.50. The Morgan fingerprint density at radius 2 is 1.42 bits per heavy atom. The summed E-state index contributed by atoms with van der Waals surface area (Å²) < 4.78 is 22.3. The highest BCUT2D eigenvalue weighted by Gasteiger charge is 2.42. The van der Waals surface area contributed by atoms with Crippen molar-refractivity contribution in [2.75, 3.05) is 4.90 Å². The van der Waals surface area contributed by atoms with E-state index in [-0.39, 0.29) is 28.5 Å². The van der Waals surface area contributed by atoms with Crippen LogP contribution in [0.3, 0.4) is 0 Å². The molecule has 7 heteroatoms. The molecule has 1 aromatic carbocycles. The van der Waals surface area contributed by atoms with Gasteiger partial charge in [-0.3, -0.25) is 14.5 Å². The van der Waals surface area contributed by atoms with Crippen molar-refractivity contribution in [3.8, 4) is 0 Å². The van der Waals surface area contributed by atoms with Gasteiger partial charge < -0.3 is 0 Å². The first kappa shape index (κ1) is 13.7. The van der Waals surface area contributed by atoms with Gasteiger partial charge in [-0.2, -0.15) is 0 Å². The summed E-state index contributed by atoms with van der Waals surface area (Å²) in [7, 11) is -3.78. The minimum absolute atomic E-state index is 0.0589. The number of nitrogens with two attached hydrogens (primary N) is 1. The molecular weight excluding hydrogens is 268 g/mol. The van der Waals surface area contributed by atoms with Crippen molar-refractivity contribution >= 4 is 27.5 Å². The van der Waals surface area contributed by atoms with Gasteiger partial charge in [-0.1, -0.05) is 13.8 Å². The molecule has 1 aromatic rings. The van der Waals surface area contributed by atoms with Crippen molar-refractivity contribution < 1.29 is 18.0 Å². The number of carbonyl (C=O) groups is 2. The number of nitrogens with zero attached hydrogens (tertiary/aromatic N) is 1. The maximum Gasteiger partial charge on any atom is 0.238 e. The number of primary sulfonamides is 1. The second kappa shape index (κ2) is 4.43. The fourth-order valence-electron chi connectivity index (χ4n) is 1.98. The molecule has 2 unspecified atom stereocenters. The van der Waals surface area contributed by atoms with E-state index in [4.69, 9.17) is 5.14 Å². The standard InChI is InChI=1S/C12H14N2O4S/c1-7-8(2)12(16)14(11(7)15)9-3-5-10(6-4-9)19(13,17)18/h3-8H,1-2H3,(H2,13,17,18). The quantitative estimate of drug-likeness (QED) is 0.798. The SMILES string of the molecule is CC1C(=O)N(c2ccc(S(N)(=O)=O)cc2)C(=O)C1C. The topological polar surface area (TPSA) is 97.5 Å². The smallest absolute Gasteiger partial charge is 0.238 e. The number of rotatable bonds is 2. The lowest BCUT2D eigenvalue weighted by atomic mass is 10.00. The molecule has 19 heavy (non-hydrogen) atoms. The van der Waals surface area contributed by atoms with Crippen molar-refractivity contribution in [2.45, 2.75) is 18.7 Å². The highest BCUT2D eigenvalue weighted by molar-refractivity contribution is 7.89. The summed E-state index contributed by atoms with van der Waals surface area (Å²) in [4.78, 5) is 25.0. The second-order valence-corrected chi connectivity index (χ2v) is 6.19. The summed E-state index contributed by atoms with van der Waals surface area (Å²) in [6.07, 6.45) is 0. The van der Waals surface area contributed by atoms with Crippen LogP contribution in [0.25, 0.3) is 0 Å². The first-order valence-electron chi connectivity index (χ1n) is 5.74. The van der Waals surface area contributed by atoms with Gasteiger partial charge in [-0.05, 0) is 24.3 Å². The molecule has 0 aromatic heterocycles. The average molecular weight is 282 g/mol. The number of imide groups is 1. The van der Waals surface area contributed by atoms with E-state index >= 15 is 0 Å². The van der Waals surface area contributed by atoms with Crippen LogP contribution in [0.4, 0.5) is 5.69 Å². The number of benzene rings is 1. The summed E-state index contributed by atoms with van der Waals surface area (Å²) in [5.41, 5.74) is 0.360. The second-order valence-electron chi connectivity index (χ2n) is 4.63. The molecule has 2 N–H and O–H groups in total. The molecule has 0 spiro atoms. The minimum Gasteiger partial charge on any atom is -0.274 e. The molecule has 0 bridgehead atoms. The number of anilines is 1. The molecular formula is C12H14N2O4S. The van der Waals surface area contributed by atoms with Crippen LogP contribution in [0.1, 0.15) is 13.8 Å². The van der Waals surface area contributed by atoms with E-state index in [1.54, 1.807) is 13.8 Å². The van der Waals surface area contributed by atoms with Gasteiger partial charge in [0, 0.05) is 11.8 Å². The molecule has 0 saturated carbocycles. The van der Waals surface area contributed by atoms with Crippen LogP contribution in [0, 0.1) is 11.8 Å². The van der Waals surface area contributed by atoms with Crippen LogP contribution in [-0.2, 0) is 19.6 Å². The summed E-state index contributed by atoms with van der Waals surface area (Å²) >= 11 is 0. The van der Waals surface area contributed by atoms with Gasteiger partial charge in [0.1, 0.15) is 0 Å². The molecule has 1 aliphatic heterocycles. The van der Waals surface area contributed by atoms with Gasteiger partial charge in [0.05, 0.1) is 10.6 Å². The van der Waals surface area contributed by atoms with E-state index in [1.165, 1.54) is 24.3 Å². The molecule has 2 atom stereocenters. The van der Waals surface area contributed by atoms with E-state index in [1.807, 2.05) is 0 Å². The number of amides is 2. The number of carbonyl (C=O) groups excluding carboxylic acids is 2. The lowest BCUT2D eigenvalue weighted by Crippen LogP contribution is -2.30. The van der Waals surface area contributed by atoms with Crippen LogP contribution in [0.2, 0.25) is 0 Å². The van der Waals surface area contributed by atoms with Crippen LogP contribution < -0.4 is 10.0 Å². The number of hydrogen-bond acceptors (Lipinski definition) is 4. The summed E-state index contributed by atoms with van der Waals surface area (Å²) in [6.45, 7) is 3.40. The maximum atomic E-state index is 12.0. The summed E-state index contributed by atoms with van der Waals surface area (Å²) in [5.74, 6) is -1.29. The molecule has 102 valence electrons. The molecule has 1 heterocycles. The van der Waals surface area contributed by atoms with Gasteiger partial charge in [0.25, 0.3) is 0 Å². The van der Waals surface area contributed by atoms with Crippen molar-refractivity contribution in [3.05, 3.63) is 24.3 Å². The average Bonchev–Trinajstić information content (AvgIpc) is 2.53. The minimum atomic E-state index is -3.78. The third kappa shape index (κ3) is 2.26. The van der Waals surface area contributed by atoms with Crippen molar-refractivity contribution in [1.82, 2.24) is 0 Å². The lowest BCUT2D eigenvalue weighted by Gasteiger charge is -2.14. The number of sulfonamides is 1. The van der Waals surface area contributed by atoms with E-state index in [0.29, 0.717) is 5.69 Å². The Bertz CT molecular complexity index is 616. The molecule has 2 amide bonds. The van der Waals surface area contributed by atoms with Crippen molar-refractivity contribution in [1.29, 1.82) is 0 Å². The molecule has 1 aliphatic rings. The Morgan fingerprint density at radius 3 is 1.79 bits per heavy atom. The summed E-state index contributed by atoms with van der Waals surface area (Å²) in [5, 5.41) is 4.98. The zero-order valence-corrected chi connectivity index (χ0v) is 11.3. The molecule has 2 rings (SSSR count). The van der Waals surface area contributed by atoms with Gasteiger partial charge in [-0.15, -0.1) is 0 Å². The molecule has 1 saturated heterocycles. The van der Waals surface area contributed by atoms with Crippen molar-refractivity contribution in [3.63, 3.8) is 0 Å². The van der Waals surface area contributed by atoms with E-state index in [0.717, 1.165) is 4.90 Å². The predicted octanol–water partition coefficient (Wildman–Crippen LogP) is 0.479. The first-order valence-corrected chi connectivity index (χ1v) is 7.29. The van der Waals surface area contributed by atoms with Crippen LogP contribution >= 0.6 is 0 Å². The van der Waals surface area contributed by atoms with E-state index < -0.39 is 10.0 Å². The zero-order chi connectivity index (χ0) is 14.4. The van der Waals surface area contributed by atoms with Gasteiger partial charge in [-0.25, -0.2) is 13.6 Å². The monoisotopic (exact) mass is 282 g/mol. The third-order valence-electron chi connectivity index (χ3n) is 3.39. The highest BCUT2D eigenvalue weighted by Crippen LogP contribution is 2.30. The Labute approximate surface area is 111 Å². The van der Waals surface area contributed by atoms with Crippen LogP contribution in [-0.4, -0.2) is 20.2 Å². The Balaban J connectivity index is 2.39. The third-order valence-corrected chi connectivity index (χ3v) is 4.32. The zero-order valence-electron chi connectivity index (χ0n) is 10.5. The van der Waals surface area contributed by atoms with E-state index in [2.05, 4.69) is 0 Å². The van der Waals surface area contributed by atoms with E-state index in [9.17, 15) is 18.0 Å². The molecule has 0 radical (unpaired) electrons. The Hall–Kier alpha value is -1.73. The highest BCUT2D eigenvalue weighted by atomic mass is 32.2. The number of hydrogen-bond donors (Lipinski definition) is 1. The lowest BCUT2D eigenvalue weighted by molar-refractivity contribution is -0.122. The normalized spacial score (nSPS) is 24.1. The van der Waals surface area contributed by atoms with Crippen molar-refractivity contribution in [2.24, 2.45) is 17.0 Å². The first-order chi connectivity index (χ1) is 8.73. The van der Waals surface area contributed by atoms with Gasteiger partial charge >= 0.3 is 0 Å². The summed E-state index contributed by atoms with van der Waals surface area (Å²) in [6, 6.07) is 5.36. The fraction of sp³-hybridized carbons (Fsp3) is 0.333. The Morgan fingerprint density at radius 1 is 1.00 bits per heavy atom. The van der Waals surface area contributed by atoms with Crippen LogP contribution in [0.5, 0.6) is 0 Å². The molecule has 6 nitrogen and oxygen atoms in total.